The minimum Gasteiger partial charge on any atom is -0.427 e. The number of rotatable bonds is 4. The molecule has 62 valence electrons. The van der Waals surface area contributed by atoms with E-state index in [0.29, 0.717) is 5.89 Å². The van der Waals surface area contributed by atoms with Gasteiger partial charge in [0.05, 0.1) is 6.54 Å². The van der Waals surface area contributed by atoms with Crippen LogP contribution in [0.3, 0.4) is 0 Å². The van der Waals surface area contributed by atoms with E-state index in [0.717, 1.165) is 19.6 Å². The van der Waals surface area contributed by atoms with Crippen LogP contribution >= 0.6 is 0 Å². The summed E-state index contributed by atoms with van der Waals surface area (Å²) in [5.74, 6) is 0.689. The summed E-state index contributed by atoms with van der Waals surface area (Å²) in [7, 11) is 0. The Morgan fingerprint density at radius 3 is 2.64 bits per heavy atom. The van der Waals surface area contributed by atoms with Gasteiger partial charge in [0.25, 0.3) is 0 Å². The van der Waals surface area contributed by atoms with Crippen molar-refractivity contribution in [1.29, 1.82) is 0 Å². The Balaban J connectivity index is 2.41. The molecule has 0 radical (unpaired) electrons. The Kier molecular flexibility index (Phi) is 3.04. The van der Waals surface area contributed by atoms with Crippen molar-refractivity contribution in [3.63, 3.8) is 0 Å². The third-order valence-electron chi connectivity index (χ3n) is 1.66. The summed E-state index contributed by atoms with van der Waals surface area (Å²) in [4.78, 5) is 2.22. The zero-order valence-electron chi connectivity index (χ0n) is 6.95. The van der Waals surface area contributed by atoms with Crippen LogP contribution in [-0.4, -0.2) is 28.2 Å². The molecule has 11 heavy (non-hydrogen) atoms. The van der Waals surface area contributed by atoms with Gasteiger partial charge < -0.3 is 4.42 Å². The van der Waals surface area contributed by atoms with Crippen molar-refractivity contribution < 1.29 is 4.42 Å². The van der Waals surface area contributed by atoms with Gasteiger partial charge >= 0.3 is 0 Å². The van der Waals surface area contributed by atoms with Gasteiger partial charge in [0.15, 0.2) is 0 Å². The van der Waals surface area contributed by atoms with Gasteiger partial charge in [-0.1, -0.05) is 13.8 Å². The molecule has 0 N–H and O–H groups in total. The molecule has 0 aliphatic rings. The van der Waals surface area contributed by atoms with E-state index in [4.69, 9.17) is 4.42 Å². The van der Waals surface area contributed by atoms with Crippen LogP contribution in [0.1, 0.15) is 19.7 Å². The van der Waals surface area contributed by atoms with Crippen LogP contribution in [0.4, 0.5) is 0 Å². The highest BCUT2D eigenvalue weighted by atomic mass is 16.4. The lowest BCUT2D eigenvalue weighted by atomic mass is 10.5. The largest absolute Gasteiger partial charge is 0.427 e. The predicted octanol–water partition coefficient (Wildman–Crippen LogP) is 0.911. The molecule has 0 aliphatic heterocycles. The van der Waals surface area contributed by atoms with Crippen LogP contribution < -0.4 is 0 Å². The fourth-order valence-electron chi connectivity index (χ4n) is 0.903. The van der Waals surface area contributed by atoms with Crippen LogP contribution in [0.25, 0.3) is 0 Å². The lowest BCUT2D eigenvalue weighted by Crippen LogP contribution is -2.22. The molecular weight excluding hydrogens is 142 g/mol. The quantitative estimate of drug-likeness (QED) is 0.648. The average molecular weight is 155 g/mol. The Morgan fingerprint density at radius 2 is 2.18 bits per heavy atom. The predicted molar refractivity (Wildman–Crippen MR) is 40.9 cm³/mol. The van der Waals surface area contributed by atoms with Gasteiger partial charge in [0.1, 0.15) is 0 Å². The van der Waals surface area contributed by atoms with Crippen molar-refractivity contribution in [2.75, 3.05) is 13.1 Å². The van der Waals surface area contributed by atoms with Gasteiger partial charge in [-0.05, 0) is 13.1 Å². The normalized spacial score (nSPS) is 10.8. The second-order valence-corrected chi connectivity index (χ2v) is 2.29. The molecule has 0 saturated heterocycles. The second kappa shape index (κ2) is 4.08. The van der Waals surface area contributed by atoms with Crippen LogP contribution in [0, 0.1) is 0 Å². The minimum atomic E-state index is 0.689. The Hall–Kier alpha value is -0.900. The van der Waals surface area contributed by atoms with E-state index in [2.05, 4.69) is 28.9 Å². The van der Waals surface area contributed by atoms with Gasteiger partial charge in [-0.15, -0.1) is 10.2 Å². The van der Waals surface area contributed by atoms with Gasteiger partial charge in [0.2, 0.25) is 12.3 Å². The fourth-order valence-corrected chi connectivity index (χ4v) is 0.903. The highest BCUT2D eigenvalue weighted by molar-refractivity contribution is 4.72. The Labute approximate surface area is 66.2 Å². The standard InChI is InChI=1S/C7H13N3O/c1-3-10(4-2)5-7-9-8-6-11-7/h6H,3-5H2,1-2H3. The molecule has 0 aromatic carbocycles. The van der Waals surface area contributed by atoms with Crippen molar-refractivity contribution in [2.45, 2.75) is 20.4 Å². The zero-order valence-corrected chi connectivity index (χ0v) is 6.95. The van der Waals surface area contributed by atoms with E-state index >= 15 is 0 Å². The first-order valence-electron chi connectivity index (χ1n) is 3.84. The highest BCUT2D eigenvalue weighted by Gasteiger charge is 2.03. The van der Waals surface area contributed by atoms with Gasteiger partial charge in [0, 0.05) is 0 Å². The summed E-state index contributed by atoms with van der Waals surface area (Å²) in [5, 5.41) is 7.39. The third kappa shape index (κ3) is 2.31. The topological polar surface area (TPSA) is 42.2 Å². The molecule has 4 nitrogen and oxygen atoms in total. The maximum atomic E-state index is 5.00. The van der Waals surface area contributed by atoms with Gasteiger partial charge in [-0.2, -0.15) is 0 Å². The summed E-state index contributed by atoms with van der Waals surface area (Å²) in [6.45, 7) is 7.00. The van der Waals surface area contributed by atoms with Crippen molar-refractivity contribution in [3.8, 4) is 0 Å². The molecule has 1 aromatic heterocycles. The first-order valence-corrected chi connectivity index (χ1v) is 3.84. The number of nitrogens with zero attached hydrogens (tertiary/aromatic N) is 3. The SMILES string of the molecule is CCN(CC)Cc1nnco1. The molecule has 0 atom stereocenters. The van der Waals surface area contributed by atoms with Crippen LogP contribution in [-0.2, 0) is 6.54 Å². The summed E-state index contributed by atoms with van der Waals surface area (Å²) in [5.41, 5.74) is 0. The molecule has 0 aliphatic carbocycles. The van der Waals surface area contributed by atoms with E-state index < -0.39 is 0 Å². The third-order valence-corrected chi connectivity index (χ3v) is 1.66. The van der Waals surface area contributed by atoms with E-state index in [1.165, 1.54) is 6.39 Å². The molecule has 1 aromatic rings. The molecule has 4 heteroatoms. The van der Waals surface area contributed by atoms with Crippen LogP contribution in [0.2, 0.25) is 0 Å². The van der Waals surface area contributed by atoms with Crippen molar-refractivity contribution in [2.24, 2.45) is 0 Å². The second-order valence-electron chi connectivity index (χ2n) is 2.29. The molecule has 0 fully saturated rings. The molecule has 1 rings (SSSR count). The number of hydrogen-bond acceptors (Lipinski definition) is 4. The zero-order chi connectivity index (χ0) is 8.10. The minimum absolute atomic E-state index is 0.689. The smallest absolute Gasteiger partial charge is 0.230 e. The fraction of sp³-hybridized carbons (Fsp3) is 0.714. The molecule has 0 spiro atoms. The lowest BCUT2D eigenvalue weighted by molar-refractivity contribution is 0.263. The summed E-state index contributed by atoms with van der Waals surface area (Å²) < 4.78 is 5.00. The maximum absolute atomic E-state index is 5.00. The van der Waals surface area contributed by atoms with E-state index in [9.17, 15) is 0 Å². The van der Waals surface area contributed by atoms with Gasteiger partial charge in [-0.25, -0.2) is 0 Å². The maximum Gasteiger partial charge on any atom is 0.230 e. The molecular formula is C7H13N3O. The molecule has 1 heterocycles. The Morgan fingerprint density at radius 1 is 1.45 bits per heavy atom. The molecule has 0 bridgehead atoms. The lowest BCUT2D eigenvalue weighted by Gasteiger charge is -2.14. The molecule has 0 saturated carbocycles. The van der Waals surface area contributed by atoms with E-state index in [1.54, 1.807) is 0 Å². The molecule has 0 unspecified atom stereocenters. The van der Waals surface area contributed by atoms with Gasteiger partial charge in [-0.3, -0.25) is 4.90 Å². The number of aromatic nitrogens is 2. The van der Waals surface area contributed by atoms with E-state index in [-0.39, 0.29) is 0 Å². The monoisotopic (exact) mass is 155 g/mol. The Bertz CT molecular complexity index is 182. The first kappa shape index (κ1) is 8.20. The molecule has 0 amide bonds. The highest BCUT2D eigenvalue weighted by Crippen LogP contribution is 1.98. The number of hydrogen-bond donors (Lipinski definition) is 0. The van der Waals surface area contributed by atoms with Crippen LogP contribution in [0.15, 0.2) is 10.8 Å². The van der Waals surface area contributed by atoms with Crippen molar-refractivity contribution in [1.82, 2.24) is 15.1 Å². The van der Waals surface area contributed by atoms with E-state index in [1.807, 2.05) is 0 Å². The first-order chi connectivity index (χ1) is 5.36. The summed E-state index contributed by atoms with van der Waals surface area (Å²) >= 11 is 0. The summed E-state index contributed by atoms with van der Waals surface area (Å²) in [6, 6.07) is 0. The van der Waals surface area contributed by atoms with Crippen molar-refractivity contribution in [3.05, 3.63) is 12.3 Å². The van der Waals surface area contributed by atoms with Crippen molar-refractivity contribution >= 4 is 0 Å². The summed E-state index contributed by atoms with van der Waals surface area (Å²) in [6.07, 6.45) is 1.36. The average Bonchev–Trinajstić information content (AvgIpc) is 2.52. The van der Waals surface area contributed by atoms with Crippen LogP contribution in [0.5, 0.6) is 0 Å².